The van der Waals surface area contributed by atoms with Gasteiger partial charge in [0.05, 0.1) is 5.69 Å². The molecule has 0 aromatic heterocycles. The maximum Gasteiger partial charge on any atom is 0.181 e. The molecule has 0 saturated heterocycles. The van der Waals surface area contributed by atoms with E-state index < -0.39 is 11.6 Å². The Hall–Kier alpha value is -1.85. The van der Waals surface area contributed by atoms with Gasteiger partial charge in [0.15, 0.2) is 11.6 Å². The average Bonchev–Trinajstić information content (AvgIpc) is 3.11. The second kappa shape index (κ2) is 4.80. The molecule has 1 saturated carbocycles. The summed E-state index contributed by atoms with van der Waals surface area (Å²) in [4.78, 5) is 0. The molecule has 1 aliphatic rings. The number of nitrogens with two attached hydrogens (primary N) is 1. The zero-order chi connectivity index (χ0) is 13.2. The van der Waals surface area contributed by atoms with Crippen molar-refractivity contribution in [1.82, 2.24) is 0 Å². The molecule has 1 aromatic rings. The highest BCUT2D eigenvalue weighted by atomic mass is 19.2. The lowest BCUT2D eigenvalue weighted by Gasteiger charge is -2.16. The van der Waals surface area contributed by atoms with Crippen LogP contribution in [0.3, 0.4) is 0 Å². The summed E-state index contributed by atoms with van der Waals surface area (Å²) < 4.78 is 26.4. The molecule has 0 aliphatic heterocycles. The second-order valence-corrected chi connectivity index (χ2v) is 4.72. The first-order valence-corrected chi connectivity index (χ1v) is 5.71. The van der Waals surface area contributed by atoms with E-state index in [0.29, 0.717) is 13.0 Å². The summed E-state index contributed by atoms with van der Waals surface area (Å²) in [5.74, 6) is -1.59. The molecule has 4 nitrogen and oxygen atoms in total. The quantitative estimate of drug-likeness (QED) is 0.327. The summed E-state index contributed by atoms with van der Waals surface area (Å²) in [6.45, 7) is 0.476. The molecular formula is C12H15F2N3O. The molecule has 0 bridgehead atoms. The Bertz CT molecular complexity index is 472. The number of rotatable bonds is 5. The van der Waals surface area contributed by atoms with E-state index in [1.165, 1.54) is 12.1 Å². The molecule has 0 amide bonds. The van der Waals surface area contributed by atoms with E-state index in [9.17, 15) is 8.78 Å². The van der Waals surface area contributed by atoms with Crippen LogP contribution in [0.5, 0.6) is 0 Å². The number of hydrogen-bond donors (Lipinski definition) is 3. The molecule has 0 radical (unpaired) electrons. The first-order chi connectivity index (χ1) is 8.56. The van der Waals surface area contributed by atoms with Gasteiger partial charge in [0.2, 0.25) is 0 Å². The summed E-state index contributed by atoms with van der Waals surface area (Å²) in [6, 6.07) is 4.01. The molecule has 0 unspecified atom stereocenters. The van der Waals surface area contributed by atoms with Crippen LogP contribution in [-0.4, -0.2) is 17.6 Å². The number of anilines is 1. The predicted octanol–water partition coefficient (Wildman–Crippen LogP) is 2.29. The third-order valence-electron chi connectivity index (χ3n) is 3.25. The lowest BCUT2D eigenvalue weighted by molar-refractivity contribution is 0.315. The number of nitrogens with one attached hydrogen (secondary N) is 1. The van der Waals surface area contributed by atoms with Crippen molar-refractivity contribution in [3.05, 3.63) is 29.8 Å². The molecule has 0 heterocycles. The fourth-order valence-corrected chi connectivity index (χ4v) is 1.94. The minimum absolute atomic E-state index is 0.102. The van der Waals surface area contributed by atoms with Gasteiger partial charge >= 0.3 is 0 Å². The number of benzene rings is 1. The zero-order valence-corrected chi connectivity index (χ0v) is 9.79. The van der Waals surface area contributed by atoms with E-state index in [0.717, 1.165) is 18.9 Å². The van der Waals surface area contributed by atoms with Crippen molar-refractivity contribution in [2.45, 2.75) is 19.3 Å². The van der Waals surface area contributed by atoms with Crippen molar-refractivity contribution >= 4 is 11.5 Å². The van der Waals surface area contributed by atoms with Gasteiger partial charge < -0.3 is 16.3 Å². The largest absolute Gasteiger partial charge is 0.409 e. The Kier molecular flexibility index (Phi) is 3.36. The second-order valence-electron chi connectivity index (χ2n) is 4.72. The highest BCUT2D eigenvalue weighted by molar-refractivity contribution is 5.80. The Morgan fingerprint density at radius 3 is 2.78 bits per heavy atom. The summed E-state index contributed by atoms with van der Waals surface area (Å²) in [5.41, 5.74) is 5.50. The fourth-order valence-electron chi connectivity index (χ4n) is 1.94. The van der Waals surface area contributed by atoms with Crippen LogP contribution < -0.4 is 11.1 Å². The monoisotopic (exact) mass is 255 g/mol. The van der Waals surface area contributed by atoms with Crippen molar-refractivity contribution in [2.75, 3.05) is 11.9 Å². The summed E-state index contributed by atoms with van der Waals surface area (Å²) in [5, 5.41) is 14.3. The fraction of sp³-hybridized carbons (Fsp3) is 0.417. The maximum absolute atomic E-state index is 13.4. The van der Waals surface area contributed by atoms with E-state index >= 15 is 0 Å². The predicted molar refractivity (Wildman–Crippen MR) is 64.5 cm³/mol. The number of amidine groups is 1. The van der Waals surface area contributed by atoms with Crippen LogP contribution in [-0.2, 0) is 0 Å². The van der Waals surface area contributed by atoms with Gasteiger partial charge in [0, 0.05) is 13.0 Å². The van der Waals surface area contributed by atoms with Crippen LogP contribution in [0.15, 0.2) is 23.4 Å². The van der Waals surface area contributed by atoms with Gasteiger partial charge in [0.25, 0.3) is 0 Å². The van der Waals surface area contributed by atoms with E-state index in [2.05, 4.69) is 10.5 Å². The van der Waals surface area contributed by atoms with Crippen LogP contribution in [0.1, 0.15) is 19.3 Å². The SMILES string of the molecule is NC(CC1(CNc2cccc(F)c2F)CC1)=NO. The average molecular weight is 255 g/mol. The smallest absolute Gasteiger partial charge is 0.181 e. The molecule has 6 heteroatoms. The third kappa shape index (κ3) is 2.69. The molecule has 1 aromatic carbocycles. The van der Waals surface area contributed by atoms with Crippen LogP contribution >= 0.6 is 0 Å². The molecule has 4 N–H and O–H groups in total. The number of oxime groups is 1. The van der Waals surface area contributed by atoms with Crippen molar-refractivity contribution in [2.24, 2.45) is 16.3 Å². The van der Waals surface area contributed by atoms with Gasteiger partial charge in [-0.1, -0.05) is 11.2 Å². The minimum Gasteiger partial charge on any atom is -0.409 e. The summed E-state index contributed by atoms with van der Waals surface area (Å²) in [7, 11) is 0. The summed E-state index contributed by atoms with van der Waals surface area (Å²) >= 11 is 0. The number of hydrogen-bond acceptors (Lipinski definition) is 3. The van der Waals surface area contributed by atoms with Crippen LogP contribution in [0.25, 0.3) is 0 Å². The summed E-state index contributed by atoms with van der Waals surface area (Å²) in [6.07, 6.45) is 2.30. The first-order valence-electron chi connectivity index (χ1n) is 5.71. The van der Waals surface area contributed by atoms with E-state index in [1.54, 1.807) is 0 Å². The van der Waals surface area contributed by atoms with Crippen molar-refractivity contribution in [1.29, 1.82) is 0 Å². The van der Waals surface area contributed by atoms with Gasteiger partial charge in [-0.3, -0.25) is 0 Å². The Balaban J connectivity index is 1.98. The highest BCUT2D eigenvalue weighted by Gasteiger charge is 2.43. The third-order valence-corrected chi connectivity index (χ3v) is 3.25. The van der Waals surface area contributed by atoms with E-state index in [4.69, 9.17) is 10.9 Å². The molecule has 18 heavy (non-hydrogen) atoms. The van der Waals surface area contributed by atoms with Crippen LogP contribution in [0.4, 0.5) is 14.5 Å². The molecule has 0 spiro atoms. The van der Waals surface area contributed by atoms with Crippen LogP contribution in [0.2, 0.25) is 0 Å². The van der Waals surface area contributed by atoms with Gasteiger partial charge in [-0.25, -0.2) is 8.78 Å². The normalized spacial score (nSPS) is 17.6. The van der Waals surface area contributed by atoms with E-state index in [1.807, 2.05) is 0 Å². The van der Waals surface area contributed by atoms with Crippen LogP contribution in [0, 0.1) is 17.0 Å². The number of nitrogens with zero attached hydrogens (tertiary/aromatic N) is 1. The van der Waals surface area contributed by atoms with Crippen molar-refractivity contribution in [3.63, 3.8) is 0 Å². The van der Waals surface area contributed by atoms with Gasteiger partial charge in [-0.05, 0) is 30.4 Å². The molecule has 1 fully saturated rings. The molecule has 98 valence electrons. The lowest BCUT2D eigenvalue weighted by Crippen LogP contribution is -2.24. The highest BCUT2D eigenvalue weighted by Crippen LogP contribution is 2.48. The zero-order valence-electron chi connectivity index (χ0n) is 9.79. The Morgan fingerprint density at radius 2 is 2.17 bits per heavy atom. The topological polar surface area (TPSA) is 70.6 Å². The maximum atomic E-state index is 13.4. The lowest BCUT2D eigenvalue weighted by atomic mass is 10.0. The Morgan fingerprint density at radius 1 is 1.44 bits per heavy atom. The van der Waals surface area contributed by atoms with Crippen molar-refractivity contribution in [3.8, 4) is 0 Å². The Labute approximate surface area is 103 Å². The standard InChI is InChI=1S/C12H15F2N3O/c13-8-2-1-3-9(11(8)14)16-7-12(4-5-12)6-10(15)17-18/h1-3,16,18H,4-7H2,(H2,15,17). The minimum atomic E-state index is -0.878. The number of halogens is 2. The molecule has 1 aliphatic carbocycles. The van der Waals surface area contributed by atoms with Gasteiger partial charge in [-0.2, -0.15) is 0 Å². The molecule has 0 atom stereocenters. The van der Waals surface area contributed by atoms with Gasteiger partial charge in [0.1, 0.15) is 5.84 Å². The molecule has 2 rings (SSSR count). The molecular weight excluding hydrogens is 240 g/mol. The first kappa shape index (κ1) is 12.6. The van der Waals surface area contributed by atoms with Crippen molar-refractivity contribution < 1.29 is 14.0 Å². The van der Waals surface area contributed by atoms with E-state index in [-0.39, 0.29) is 16.9 Å². The van der Waals surface area contributed by atoms with Gasteiger partial charge in [-0.15, -0.1) is 0 Å².